The van der Waals surface area contributed by atoms with Crippen LogP contribution < -0.4 is 10.5 Å². The van der Waals surface area contributed by atoms with Gasteiger partial charge >= 0.3 is 5.69 Å². The molecule has 0 heterocycles. The Morgan fingerprint density at radius 1 is 1.10 bits per heavy atom. The van der Waals surface area contributed by atoms with Gasteiger partial charge in [0, 0.05) is 18.2 Å². The number of nitrogens with two attached hydrogens (primary N) is 1. The highest BCUT2D eigenvalue weighted by molar-refractivity contribution is 5.93. The van der Waals surface area contributed by atoms with Gasteiger partial charge in [-0.15, -0.1) is 0 Å². The number of carbonyl (C=O) groups excluding carboxylic acids is 1. The zero-order valence-corrected chi connectivity index (χ0v) is 10.4. The Labute approximate surface area is 116 Å². The van der Waals surface area contributed by atoms with Crippen LogP contribution in [0, 0.1) is 21.7 Å². The standard InChI is InChI=1S/C13H8F2N2O4/c14-10-5-7(1-3-9(10)13(16)18)21-8-2-4-12(17(19)20)11(15)6-8/h1-6H,(H2,16,18). The lowest BCUT2D eigenvalue weighted by Gasteiger charge is -2.07. The number of benzene rings is 2. The molecule has 2 aromatic carbocycles. The molecule has 0 aromatic heterocycles. The molecule has 6 nitrogen and oxygen atoms in total. The van der Waals surface area contributed by atoms with Crippen molar-refractivity contribution in [3.05, 3.63) is 63.7 Å². The number of hydrogen-bond donors (Lipinski definition) is 1. The summed E-state index contributed by atoms with van der Waals surface area (Å²) in [5.41, 5.74) is 3.94. The van der Waals surface area contributed by atoms with E-state index < -0.39 is 28.2 Å². The van der Waals surface area contributed by atoms with Crippen molar-refractivity contribution >= 4 is 11.6 Å². The molecule has 0 fully saturated rings. The number of amides is 1. The molecule has 0 saturated carbocycles. The minimum Gasteiger partial charge on any atom is -0.457 e. The molecular formula is C13H8F2N2O4. The highest BCUT2D eigenvalue weighted by atomic mass is 19.1. The van der Waals surface area contributed by atoms with Gasteiger partial charge in [-0.2, -0.15) is 4.39 Å². The van der Waals surface area contributed by atoms with Gasteiger partial charge < -0.3 is 10.5 Å². The molecule has 0 unspecified atom stereocenters. The normalized spacial score (nSPS) is 10.2. The van der Waals surface area contributed by atoms with E-state index in [0.717, 1.165) is 24.3 Å². The summed E-state index contributed by atoms with van der Waals surface area (Å²) in [7, 11) is 0. The van der Waals surface area contributed by atoms with Crippen molar-refractivity contribution in [3.63, 3.8) is 0 Å². The number of halogens is 2. The monoisotopic (exact) mass is 294 g/mol. The van der Waals surface area contributed by atoms with E-state index in [4.69, 9.17) is 10.5 Å². The molecule has 0 bridgehead atoms. The fourth-order valence-electron chi connectivity index (χ4n) is 1.59. The third-order valence-electron chi connectivity index (χ3n) is 2.56. The number of hydrogen-bond acceptors (Lipinski definition) is 4. The van der Waals surface area contributed by atoms with Gasteiger partial charge in [0.05, 0.1) is 10.5 Å². The molecule has 2 N–H and O–H groups in total. The van der Waals surface area contributed by atoms with Gasteiger partial charge in [0.2, 0.25) is 5.82 Å². The second-order valence-electron chi connectivity index (χ2n) is 3.98. The first-order valence-electron chi connectivity index (χ1n) is 5.59. The lowest BCUT2D eigenvalue weighted by molar-refractivity contribution is -0.387. The highest BCUT2D eigenvalue weighted by Crippen LogP contribution is 2.27. The van der Waals surface area contributed by atoms with Crippen LogP contribution in [0.2, 0.25) is 0 Å². The van der Waals surface area contributed by atoms with Gasteiger partial charge in [-0.25, -0.2) is 4.39 Å². The third-order valence-corrected chi connectivity index (χ3v) is 2.56. The van der Waals surface area contributed by atoms with Crippen molar-refractivity contribution < 1.29 is 23.2 Å². The molecular weight excluding hydrogens is 286 g/mol. The molecule has 0 atom stereocenters. The third kappa shape index (κ3) is 3.11. The predicted octanol–water partition coefficient (Wildman–Crippen LogP) is 2.76. The average Bonchev–Trinajstić information content (AvgIpc) is 2.37. The smallest absolute Gasteiger partial charge is 0.305 e. The average molecular weight is 294 g/mol. The number of nitro benzene ring substituents is 1. The second-order valence-corrected chi connectivity index (χ2v) is 3.98. The summed E-state index contributed by atoms with van der Waals surface area (Å²) in [6.45, 7) is 0. The molecule has 0 saturated heterocycles. The van der Waals surface area contributed by atoms with Crippen LogP contribution in [0.1, 0.15) is 10.4 Å². The van der Waals surface area contributed by atoms with Crippen LogP contribution in [-0.2, 0) is 0 Å². The van der Waals surface area contributed by atoms with Crippen LogP contribution in [0.3, 0.4) is 0 Å². The lowest BCUT2D eigenvalue weighted by Crippen LogP contribution is -2.12. The van der Waals surface area contributed by atoms with Crippen LogP contribution in [0.5, 0.6) is 11.5 Å². The van der Waals surface area contributed by atoms with E-state index in [2.05, 4.69) is 0 Å². The fraction of sp³-hybridized carbons (Fsp3) is 0. The van der Waals surface area contributed by atoms with Crippen molar-refractivity contribution in [2.75, 3.05) is 0 Å². The summed E-state index contributed by atoms with van der Waals surface area (Å²) < 4.78 is 32.1. The molecule has 108 valence electrons. The molecule has 0 radical (unpaired) electrons. The molecule has 2 rings (SSSR count). The highest BCUT2D eigenvalue weighted by Gasteiger charge is 2.15. The van der Waals surface area contributed by atoms with E-state index in [1.165, 1.54) is 12.1 Å². The fourth-order valence-corrected chi connectivity index (χ4v) is 1.59. The van der Waals surface area contributed by atoms with Gasteiger partial charge in [-0.3, -0.25) is 14.9 Å². The van der Waals surface area contributed by atoms with Gasteiger partial charge in [-0.1, -0.05) is 0 Å². The second kappa shape index (κ2) is 5.53. The maximum Gasteiger partial charge on any atom is 0.305 e. The molecule has 1 amide bonds. The first-order valence-corrected chi connectivity index (χ1v) is 5.59. The number of rotatable bonds is 4. The maximum atomic E-state index is 13.5. The molecule has 8 heteroatoms. The molecule has 0 aliphatic carbocycles. The van der Waals surface area contributed by atoms with Crippen molar-refractivity contribution in [2.45, 2.75) is 0 Å². The van der Waals surface area contributed by atoms with Crippen molar-refractivity contribution in [1.82, 2.24) is 0 Å². The largest absolute Gasteiger partial charge is 0.457 e. The van der Waals surface area contributed by atoms with Crippen molar-refractivity contribution in [2.24, 2.45) is 5.73 Å². The Morgan fingerprint density at radius 2 is 1.67 bits per heavy atom. The first-order chi connectivity index (χ1) is 9.88. The lowest BCUT2D eigenvalue weighted by atomic mass is 10.2. The summed E-state index contributed by atoms with van der Waals surface area (Å²) in [6, 6.07) is 6.19. The SMILES string of the molecule is NC(=O)c1ccc(Oc2ccc([N+](=O)[O-])c(F)c2)cc1F. The molecule has 2 aromatic rings. The summed E-state index contributed by atoms with van der Waals surface area (Å²) in [4.78, 5) is 20.5. The van der Waals surface area contributed by atoms with Gasteiger partial charge in [0.1, 0.15) is 17.3 Å². The van der Waals surface area contributed by atoms with Crippen LogP contribution in [0.15, 0.2) is 36.4 Å². The molecule has 0 aliphatic heterocycles. The van der Waals surface area contributed by atoms with Crippen LogP contribution in [0.25, 0.3) is 0 Å². The minimum absolute atomic E-state index is 0.00856. The van der Waals surface area contributed by atoms with Crippen LogP contribution in [-0.4, -0.2) is 10.8 Å². The Kier molecular flexibility index (Phi) is 3.79. The maximum absolute atomic E-state index is 13.5. The zero-order chi connectivity index (χ0) is 15.6. The minimum atomic E-state index is -1.08. The number of nitrogens with zero attached hydrogens (tertiary/aromatic N) is 1. The molecule has 0 aliphatic rings. The summed E-state index contributed by atoms with van der Waals surface area (Å²) in [5, 5.41) is 10.5. The summed E-state index contributed by atoms with van der Waals surface area (Å²) in [5.74, 6) is -2.95. The summed E-state index contributed by atoms with van der Waals surface area (Å²) in [6.07, 6.45) is 0. The Balaban J connectivity index is 2.26. The Hall–Kier alpha value is -3.03. The van der Waals surface area contributed by atoms with E-state index in [-0.39, 0.29) is 17.1 Å². The topological polar surface area (TPSA) is 95.5 Å². The first kappa shape index (κ1) is 14.4. The van der Waals surface area contributed by atoms with Crippen LogP contribution >= 0.6 is 0 Å². The van der Waals surface area contributed by atoms with Crippen molar-refractivity contribution in [3.8, 4) is 11.5 Å². The zero-order valence-electron chi connectivity index (χ0n) is 10.4. The van der Waals surface area contributed by atoms with E-state index in [1.807, 2.05) is 0 Å². The number of carbonyl (C=O) groups is 1. The van der Waals surface area contributed by atoms with E-state index in [9.17, 15) is 23.7 Å². The van der Waals surface area contributed by atoms with Crippen LogP contribution in [0.4, 0.5) is 14.5 Å². The quantitative estimate of drug-likeness (QED) is 0.692. The van der Waals surface area contributed by atoms with Crippen molar-refractivity contribution in [1.29, 1.82) is 0 Å². The van der Waals surface area contributed by atoms with Gasteiger partial charge in [0.15, 0.2) is 0 Å². The summed E-state index contributed by atoms with van der Waals surface area (Å²) >= 11 is 0. The molecule has 21 heavy (non-hydrogen) atoms. The van der Waals surface area contributed by atoms with Gasteiger partial charge in [0.25, 0.3) is 5.91 Å². The van der Waals surface area contributed by atoms with E-state index in [0.29, 0.717) is 0 Å². The van der Waals surface area contributed by atoms with E-state index in [1.54, 1.807) is 0 Å². The Morgan fingerprint density at radius 3 is 2.14 bits per heavy atom. The molecule has 0 spiro atoms. The number of ether oxygens (including phenoxy) is 1. The number of nitro groups is 1. The van der Waals surface area contributed by atoms with E-state index >= 15 is 0 Å². The number of primary amides is 1. The van der Waals surface area contributed by atoms with Gasteiger partial charge in [-0.05, 0) is 18.2 Å². The predicted molar refractivity (Wildman–Crippen MR) is 68.0 cm³/mol. The Bertz CT molecular complexity index is 673.